The third kappa shape index (κ3) is 4.60. The van der Waals surface area contributed by atoms with E-state index in [1.54, 1.807) is 50.4 Å². The number of rotatable bonds is 6. The molecule has 10 heteroatoms. The summed E-state index contributed by atoms with van der Waals surface area (Å²) in [5, 5.41) is 9.15. The van der Waals surface area contributed by atoms with Gasteiger partial charge in [-0.15, -0.1) is 0 Å². The molecule has 9 nitrogen and oxygen atoms in total. The molecule has 1 aromatic heterocycles. The first-order valence-corrected chi connectivity index (χ1v) is 11.1. The summed E-state index contributed by atoms with van der Waals surface area (Å²) in [6, 6.07) is 10.8. The van der Waals surface area contributed by atoms with Gasteiger partial charge >= 0.3 is 0 Å². The molecule has 1 aliphatic rings. The van der Waals surface area contributed by atoms with E-state index in [0.29, 0.717) is 40.6 Å². The number of aryl methyl sites for hydroxylation is 1. The van der Waals surface area contributed by atoms with E-state index < -0.39 is 0 Å². The third-order valence-corrected chi connectivity index (χ3v) is 5.88. The number of aromatic nitrogens is 2. The standard InChI is InChI=1S/C24H25ClN6O3/c1-26-22(32)15-8-4-5-9-17(15)28-21-16(25)13-27-24(30-21)29-20-18(34-3)11-10-14-7-6-12-31(2)23(33)19(14)20/h4-5,8-11,13H,6-7,12H2,1-3H3,(H,26,32)(H2,27,28,29,30). The van der Waals surface area contributed by atoms with E-state index in [9.17, 15) is 9.59 Å². The van der Waals surface area contributed by atoms with E-state index in [4.69, 9.17) is 16.3 Å². The molecule has 34 heavy (non-hydrogen) atoms. The van der Waals surface area contributed by atoms with Crippen molar-refractivity contribution in [2.75, 3.05) is 38.4 Å². The smallest absolute Gasteiger partial charge is 0.256 e. The molecule has 0 aliphatic carbocycles. The Morgan fingerprint density at radius 2 is 1.97 bits per heavy atom. The molecule has 0 bridgehead atoms. The van der Waals surface area contributed by atoms with E-state index in [-0.39, 0.29) is 22.8 Å². The molecule has 1 aliphatic heterocycles. The first-order valence-electron chi connectivity index (χ1n) is 10.8. The number of para-hydroxylation sites is 1. The van der Waals surface area contributed by atoms with E-state index in [0.717, 1.165) is 18.4 Å². The Bertz CT molecular complexity index is 1250. The third-order valence-electron chi connectivity index (χ3n) is 5.61. The van der Waals surface area contributed by atoms with Crippen molar-refractivity contribution in [3.63, 3.8) is 0 Å². The van der Waals surface area contributed by atoms with Crippen molar-refractivity contribution >= 4 is 46.6 Å². The molecule has 3 aromatic rings. The zero-order valence-electron chi connectivity index (χ0n) is 19.1. The first-order chi connectivity index (χ1) is 16.4. The Kier molecular flexibility index (Phi) is 6.83. The molecule has 0 spiro atoms. The fraction of sp³-hybridized carbons (Fsp3) is 0.250. The lowest BCUT2D eigenvalue weighted by atomic mass is 10.0. The fourth-order valence-corrected chi connectivity index (χ4v) is 3.99. The van der Waals surface area contributed by atoms with Crippen LogP contribution in [0.5, 0.6) is 5.75 Å². The van der Waals surface area contributed by atoms with Crippen LogP contribution in [-0.4, -0.2) is 54.4 Å². The molecule has 0 fully saturated rings. The normalized spacial score (nSPS) is 13.1. The van der Waals surface area contributed by atoms with Crippen molar-refractivity contribution in [1.29, 1.82) is 0 Å². The first kappa shape index (κ1) is 23.3. The summed E-state index contributed by atoms with van der Waals surface area (Å²) in [4.78, 5) is 35.8. The van der Waals surface area contributed by atoms with Crippen LogP contribution in [0.4, 0.5) is 23.1 Å². The predicted molar refractivity (Wildman–Crippen MR) is 132 cm³/mol. The number of anilines is 4. The van der Waals surface area contributed by atoms with Crippen molar-refractivity contribution in [1.82, 2.24) is 20.2 Å². The van der Waals surface area contributed by atoms with Crippen LogP contribution in [0, 0.1) is 0 Å². The molecule has 2 amide bonds. The van der Waals surface area contributed by atoms with Crippen LogP contribution in [0.15, 0.2) is 42.6 Å². The maximum atomic E-state index is 13.1. The van der Waals surface area contributed by atoms with Crippen LogP contribution in [0.1, 0.15) is 32.7 Å². The van der Waals surface area contributed by atoms with Gasteiger partial charge in [0.2, 0.25) is 5.95 Å². The van der Waals surface area contributed by atoms with Gasteiger partial charge in [0.1, 0.15) is 10.8 Å². The zero-order chi connectivity index (χ0) is 24.2. The van der Waals surface area contributed by atoms with Crippen LogP contribution >= 0.6 is 11.6 Å². The zero-order valence-corrected chi connectivity index (χ0v) is 19.9. The molecule has 0 atom stereocenters. The van der Waals surface area contributed by atoms with Gasteiger partial charge in [0, 0.05) is 20.6 Å². The Morgan fingerprint density at radius 3 is 2.74 bits per heavy atom. The Morgan fingerprint density at radius 1 is 1.18 bits per heavy atom. The second-order valence-electron chi connectivity index (χ2n) is 7.77. The number of fused-ring (bicyclic) bond motifs is 1. The van der Waals surface area contributed by atoms with E-state index in [1.165, 1.54) is 6.20 Å². The summed E-state index contributed by atoms with van der Waals surface area (Å²) in [7, 11) is 4.89. The molecule has 176 valence electrons. The average molecular weight is 481 g/mol. The van der Waals surface area contributed by atoms with Crippen molar-refractivity contribution < 1.29 is 14.3 Å². The van der Waals surface area contributed by atoms with Crippen molar-refractivity contribution in [3.8, 4) is 5.75 Å². The minimum absolute atomic E-state index is 0.0966. The highest BCUT2D eigenvalue weighted by Crippen LogP contribution is 2.36. The molecular weight excluding hydrogens is 456 g/mol. The summed E-state index contributed by atoms with van der Waals surface area (Å²) in [6.07, 6.45) is 3.09. The van der Waals surface area contributed by atoms with Crippen LogP contribution in [-0.2, 0) is 6.42 Å². The summed E-state index contributed by atoms with van der Waals surface area (Å²) in [5.41, 5.74) is 2.95. The highest BCUT2D eigenvalue weighted by molar-refractivity contribution is 6.33. The number of nitrogens with one attached hydrogen (secondary N) is 3. The lowest BCUT2D eigenvalue weighted by Crippen LogP contribution is -2.27. The number of methoxy groups -OCH3 is 1. The summed E-state index contributed by atoms with van der Waals surface area (Å²) in [5.74, 6) is 0.683. The Hall–Kier alpha value is -3.85. The lowest BCUT2D eigenvalue weighted by Gasteiger charge is -2.20. The number of ether oxygens (including phenoxy) is 1. The van der Waals surface area contributed by atoms with E-state index in [2.05, 4.69) is 25.9 Å². The van der Waals surface area contributed by atoms with Crippen LogP contribution in [0.25, 0.3) is 0 Å². The molecule has 0 saturated heterocycles. The maximum absolute atomic E-state index is 13.1. The number of halogens is 1. The molecule has 3 N–H and O–H groups in total. The second-order valence-corrected chi connectivity index (χ2v) is 8.18. The maximum Gasteiger partial charge on any atom is 0.256 e. The van der Waals surface area contributed by atoms with E-state index in [1.807, 2.05) is 12.1 Å². The van der Waals surface area contributed by atoms with Gasteiger partial charge < -0.3 is 25.6 Å². The number of hydrogen-bond donors (Lipinski definition) is 3. The van der Waals surface area contributed by atoms with E-state index >= 15 is 0 Å². The van der Waals surface area contributed by atoms with Gasteiger partial charge in [0.05, 0.1) is 35.8 Å². The Balaban J connectivity index is 1.72. The topological polar surface area (TPSA) is 108 Å². The fourth-order valence-electron chi connectivity index (χ4n) is 3.85. The van der Waals surface area contributed by atoms with Gasteiger partial charge in [-0.2, -0.15) is 4.98 Å². The number of carbonyl (C=O) groups is 2. The molecule has 2 heterocycles. The van der Waals surface area contributed by atoms with Gasteiger partial charge in [0.25, 0.3) is 11.8 Å². The summed E-state index contributed by atoms with van der Waals surface area (Å²) >= 11 is 6.35. The minimum atomic E-state index is -0.244. The van der Waals surface area contributed by atoms with Crippen LogP contribution < -0.4 is 20.7 Å². The van der Waals surface area contributed by atoms with Crippen molar-refractivity contribution in [2.24, 2.45) is 0 Å². The second kappa shape index (κ2) is 9.96. The van der Waals surface area contributed by atoms with Crippen LogP contribution in [0.3, 0.4) is 0 Å². The average Bonchev–Trinajstić information content (AvgIpc) is 2.99. The van der Waals surface area contributed by atoms with Crippen LogP contribution in [0.2, 0.25) is 5.02 Å². The number of carbonyl (C=O) groups excluding carboxylic acids is 2. The molecule has 0 radical (unpaired) electrons. The molecule has 0 saturated carbocycles. The predicted octanol–water partition coefficient (Wildman–Crippen LogP) is 4.00. The number of benzene rings is 2. The van der Waals surface area contributed by atoms with Gasteiger partial charge in [-0.25, -0.2) is 4.98 Å². The van der Waals surface area contributed by atoms with Gasteiger partial charge in [-0.1, -0.05) is 29.8 Å². The minimum Gasteiger partial charge on any atom is -0.495 e. The highest BCUT2D eigenvalue weighted by Gasteiger charge is 2.26. The lowest BCUT2D eigenvalue weighted by molar-refractivity contribution is 0.0800. The largest absolute Gasteiger partial charge is 0.495 e. The Labute approximate surface area is 202 Å². The summed E-state index contributed by atoms with van der Waals surface area (Å²) in [6.45, 7) is 0.672. The van der Waals surface area contributed by atoms with Gasteiger partial charge in [-0.05, 0) is 36.6 Å². The highest BCUT2D eigenvalue weighted by atomic mass is 35.5. The van der Waals surface area contributed by atoms with Crippen molar-refractivity contribution in [3.05, 3.63) is 64.3 Å². The monoisotopic (exact) mass is 480 g/mol. The molecule has 4 rings (SSSR count). The molecule has 2 aromatic carbocycles. The van der Waals surface area contributed by atoms with Gasteiger partial charge in [-0.3, -0.25) is 9.59 Å². The SMILES string of the molecule is CNC(=O)c1ccccc1Nc1nc(Nc2c(OC)ccc3c2C(=O)N(C)CCC3)ncc1Cl. The van der Waals surface area contributed by atoms with Crippen molar-refractivity contribution in [2.45, 2.75) is 12.8 Å². The molecular formula is C24H25ClN6O3. The van der Waals surface area contributed by atoms with Gasteiger partial charge in [0.15, 0.2) is 5.82 Å². The summed E-state index contributed by atoms with van der Waals surface area (Å²) < 4.78 is 5.54. The number of nitrogens with zero attached hydrogens (tertiary/aromatic N) is 3. The number of amides is 2. The molecule has 0 unspecified atom stereocenters. The number of hydrogen-bond acceptors (Lipinski definition) is 7. The quantitative estimate of drug-likeness (QED) is 0.489.